The molecular weight excluding hydrogens is 521 g/mol. The van der Waals surface area contributed by atoms with Crippen LogP contribution < -0.4 is 15.5 Å². The Morgan fingerprint density at radius 2 is 1.78 bits per heavy atom. The molecule has 3 N–H and O–H groups in total. The lowest BCUT2D eigenvalue weighted by atomic mass is 10.2. The minimum absolute atomic E-state index is 0.0266. The number of alkyl carbamates (subject to hydrolysis) is 1. The number of hydrogen-bond donors (Lipinski definition) is 3. The van der Waals surface area contributed by atoms with Crippen molar-refractivity contribution in [2.24, 2.45) is 0 Å². The van der Waals surface area contributed by atoms with Gasteiger partial charge >= 0.3 is 24.2 Å². The van der Waals surface area contributed by atoms with Gasteiger partial charge in [0.2, 0.25) is 0 Å². The van der Waals surface area contributed by atoms with Gasteiger partial charge in [-0.3, -0.25) is 10.1 Å². The molecule has 1 atom stereocenters. The summed E-state index contributed by atoms with van der Waals surface area (Å²) in [5.74, 6) is -1.44. The zero-order valence-electron chi connectivity index (χ0n) is 21.3. The van der Waals surface area contributed by atoms with Crippen LogP contribution in [0.25, 0.3) is 0 Å². The SMILES string of the molecule is CCOC(=O)NC(=S)N(CCOC(CNCC(=O)OC(C)(C)C)C(F)(F)F)c1cc[nH]c1C(=O)OCC. The summed E-state index contributed by atoms with van der Waals surface area (Å²) in [6.45, 7) is 6.26. The van der Waals surface area contributed by atoms with Crippen LogP contribution in [-0.2, 0) is 23.7 Å². The number of carbonyl (C=O) groups excluding carboxylic acids is 3. The van der Waals surface area contributed by atoms with Crippen LogP contribution in [0.2, 0.25) is 0 Å². The first-order valence-corrected chi connectivity index (χ1v) is 11.8. The van der Waals surface area contributed by atoms with Gasteiger partial charge in [0.25, 0.3) is 0 Å². The van der Waals surface area contributed by atoms with Crippen LogP contribution >= 0.6 is 12.2 Å². The van der Waals surface area contributed by atoms with Gasteiger partial charge in [0, 0.05) is 19.3 Å². The van der Waals surface area contributed by atoms with Crippen molar-refractivity contribution in [2.75, 3.05) is 44.4 Å². The fourth-order valence-electron chi connectivity index (χ4n) is 2.84. The highest BCUT2D eigenvalue weighted by Crippen LogP contribution is 2.24. The minimum atomic E-state index is -4.75. The molecule has 1 rings (SSSR count). The predicted octanol–water partition coefficient (Wildman–Crippen LogP) is 2.91. The molecule has 0 radical (unpaired) electrons. The van der Waals surface area contributed by atoms with Crippen molar-refractivity contribution in [3.8, 4) is 0 Å². The molecule has 0 aliphatic heterocycles. The molecule has 1 unspecified atom stereocenters. The first-order chi connectivity index (χ1) is 17.2. The number of amides is 1. The number of thiocarbonyl (C=S) groups is 1. The first-order valence-electron chi connectivity index (χ1n) is 11.4. The number of aromatic amines is 1. The topological polar surface area (TPSA) is 131 Å². The summed E-state index contributed by atoms with van der Waals surface area (Å²) in [5.41, 5.74) is -0.657. The number of alkyl halides is 3. The average Bonchev–Trinajstić information content (AvgIpc) is 3.23. The molecule has 0 saturated heterocycles. The van der Waals surface area contributed by atoms with Crippen molar-refractivity contribution in [1.29, 1.82) is 0 Å². The summed E-state index contributed by atoms with van der Waals surface area (Å²) in [6.07, 6.45) is -6.49. The minimum Gasteiger partial charge on any atom is -0.461 e. The van der Waals surface area contributed by atoms with Gasteiger partial charge in [-0.2, -0.15) is 13.2 Å². The number of ether oxygens (including phenoxy) is 4. The van der Waals surface area contributed by atoms with Gasteiger partial charge in [-0.05, 0) is 52.9 Å². The van der Waals surface area contributed by atoms with Crippen LogP contribution in [0.5, 0.6) is 0 Å². The molecular formula is C22H33F3N4O7S. The summed E-state index contributed by atoms with van der Waals surface area (Å²) in [7, 11) is 0. The van der Waals surface area contributed by atoms with Crippen LogP contribution in [-0.4, -0.2) is 85.5 Å². The molecule has 1 heterocycles. The smallest absolute Gasteiger partial charge is 0.415 e. The Balaban J connectivity index is 2.94. The Labute approximate surface area is 218 Å². The van der Waals surface area contributed by atoms with E-state index in [2.05, 4.69) is 15.6 Å². The maximum absolute atomic E-state index is 13.5. The number of aromatic nitrogens is 1. The van der Waals surface area contributed by atoms with E-state index in [4.69, 9.17) is 31.2 Å². The average molecular weight is 555 g/mol. The van der Waals surface area contributed by atoms with E-state index < -0.39 is 55.6 Å². The lowest BCUT2D eigenvalue weighted by molar-refractivity contribution is -0.217. The highest BCUT2D eigenvalue weighted by Gasteiger charge is 2.40. The predicted molar refractivity (Wildman–Crippen MR) is 131 cm³/mol. The van der Waals surface area contributed by atoms with Gasteiger partial charge < -0.3 is 34.1 Å². The molecule has 0 aliphatic rings. The zero-order valence-corrected chi connectivity index (χ0v) is 22.1. The summed E-state index contributed by atoms with van der Waals surface area (Å²) in [6, 6.07) is 1.44. The Bertz CT molecular complexity index is 919. The summed E-state index contributed by atoms with van der Waals surface area (Å²) in [4.78, 5) is 39.8. The fraction of sp³-hybridized carbons (Fsp3) is 0.636. The zero-order chi connectivity index (χ0) is 28.2. The number of carbonyl (C=O) groups is 3. The second-order valence-corrected chi connectivity index (χ2v) is 8.77. The number of rotatable bonds is 12. The normalized spacial score (nSPS) is 12.4. The third kappa shape index (κ3) is 11.8. The van der Waals surface area contributed by atoms with E-state index in [9.17, 15) is 27.6 Å². The van der Waals surface area contributed by atoms with Crippen molar-refractivity contribution in [2.45, 2.75) is 52.5 Å². The van der Waals surface area contributed by atoms with Gasteiger partial charge in [-0.15, -0.1) is 0 Å². The maximum atomic E-state index is 13.5. The molecule has 1 aromatic rings. The molecule has 0 bridgehead atoms. The number of nitrogens with zero attached hydrogens (tertiary/aromatic N) is 1. The molecule has 0 aromatic carbocycles. The van der Waals surface area contributed by atoms with Gasteiger partial charge in [0.15, 0.2) is 11.2 Å². The van der Waals surface area contributed by atoms with Crippen LogP contribution in [0.3, 0.4) is 0 Å². The first kappa shape index (κ1) is 32.1. The van der Waals surface area contributed by atoms with Crippen LogP contribution in [0.15, 0.2) is 12.3 Å². The van der Waals surface area contributed by atoms with E-state index in [1.54, 1.807) is 34.6 Å². The standard InChI is InChI=1S/C22H33F3N4O7S/c1-6-33-18(31)17-14(8-9-27-17)29(19(37)28-20(32)34-7-2)10-11-35-15(22(23,24)25)12-26-13-16(30)36-21(3,4)5/h8-9,15,26-27H,6-7,10-13H2,1-5H3,(H,28,32,37). The van der Waals surface area contributed by atoms with Crippen molar-refractivity contribution < 1.29 is 46.5 Å². The van der Waals surface area contributed by atoms with Gasteiger partial charge in [-0.1, -0.05) is 0 Å². The Hall–Kier alpha value is -2.91. The monoisotopic (exact) mass is 554 g/mol. The Morgan fingerprint density at radius 1 is 1.14 bits per heavy atom. The third-order valence-corrected chi connectivity index (χ3v) is 4.57. The van der Waals surface area contributed by atoms with E-state index in [0.29, 0.717) is 0 Å². The van der Waals surface area contributed by atoms with E-state index in [-0.39, 0.29) is 36.3 Å². The quantitative estimate of drug-likeness (QED) is 0.201. The van der Waals surface area contributed by atoms with E-state index in [1.165, 1.54) is 17.2 Å². The molecule has 1 aromatic heterocycles. The summed E-state index contributed by atoms with van der Waals surface area (Å²) in [5, 5.41) is 4.43. The van der Waals surface area contributed by atoms with Gasteiger partial charge in [-0.25, -0.2) is 9.59 Å². The molecule has 37 heavy (non-hydrogen) atoms. The van der Waals surface area contributed by atoms with Crippen molar-refractivity contribution in [3.63, 3.8) is 0 Å². The van der Waals surface area contributed by atoms with Crippen molar-refractivity contribution in [1.82, 2.24) is 15.6 Å². The summed E-state index contributed by atoms with van der Waals surface area (Å²) >= 11 is 5.23. The van der Waals surface area contributed by atoms with Gasteiger partial charge in [0.05, 0.1) is 32.1 Å². The highest BCUT2D eigenvalue weighted by atomic mass is 32.1. The highest BCUT2D eigenvalue weighted by molar-refractivity contribution is 7.80. The van der Waals surface area contributed by atoms with Crippen LogP contribution in [0.4, 0.5) is 23.7 Å². The Kier molecular flexibility index (Phi) is 12.8. The number of nitrogens with one attached hydrogen (secondary N) is 3. The second kappa shape index (κ2) is 14.7. The molecule has 0 aliphatic carbocycles. The molecule has 15 heteroatoms. The largest absolute Gasteiger partial charge is 0.461 e. The summed E-state index contributed by atoms with van der Waals surface area (Å²) < 4.78 is 60.4. The number of hydrogen-bond acceptors (Lipinski definition) is 9. The van der Waals surface area contributed by atoms with Crippen molar-refractivity contribution in [3.05, 3.63) is 18.0 Å². The van der Waals surface area contributed by atoms with Gasteiger partial charge in [0.1, 0.15) is 11.3 Å². The second-order valence-electron chi connectivity index (χ2n) is 8.38. The van der Waals surface area contributed by atoms with Crippen LogP contribution in [0, 0.1) is 0 Å². The molecule has 0 spiro atoms. The number of anilines is 1. The molecule has 11 nitrogen and oxygen atoms in total. The van der Waals surface area contributed by atoms with E-state index in [1.807, 2.05) is 0 Å². The molecule has 0 saturated carbocycles. The third-order valence-electron chi connectivity index (χ3n) is 4.24. The maximum Gasteiger partial charge on any atom is 0.415 e. The van der Waals surface area contributed by atoms with E-state index >= 15 is 0 Å². The molecule has 210 valence electrons. The number of halogens is 3. The van der Waals surface area contributed by atoms with Crippen LogP contribution in [0.1, 0.15) is 45.1 Å². The number of esters is 2. The lowest BCUT2D eigenvalue weighted by Gasteiger charge is -2.27. The Morgan fingerprint density at radius 3 is 2.35 bits per heavy atom. The van der Waals surface area contributed by atoms with E-state index in [0.717, 1.165) is 0 Å². The fourth-order valence-corrected chi connectivity index (χ4v) is 3.12. The molecule has 0 fully saturated rings. The lowest BCUT2D eigenvalue weighted by Crippen LogP contribution is -2.47. The number of H-pyrrole nitrogens is 1. The van der Waals surface area contributed by atoms with Crippen molar-refractivity contribution >= 4 is 41.0 Å². The molecule has 1 amide bonds.